The number of benzene rings is 2. The van der Waals surface area contributed by atoms with Gasteiger partial charge in [0, 0.05) is 31.4 Å². The van der Waals surface area contributed by atoms with Crippen molar-refractivity contribution in [1.29, 1.82) is 0 Å². The van der Waals surface area contributed by atoms with Gasteiger partial charge in [-0.1, -0.05) is 36.4 Å². The Labute approximate surface area is 144 Å². The molecule has 2 aromatic rings. The summed E-state index contributed by atoms with van der Waals surface area (Å²) in [5.41, 5.74) is 4.74. The van der Waals surface area contributed by atoms with Crippen LogP contribution in [0.15, 0.2) is 48.5 Å². The lowest BCUT2D eigenvalue weighted by molar-refractivity contribution is 0.122. The normalized spacial score (nSPS) is 16.2. The number of nitrogens with one attached hydrogen (secondary N) is 1. The van der Waals surface area contributed by atoms with Crippen molar-refractivity contribution in [3.8, 4) is 0 Å². The summed E-state index contributed by atoms with van der Waals surface area (Å²) in [6.07, 6.45) is 0. The largest absolute Gasteiger partial charge is 0.392 e. The van der Waals surface area contributed by atoms with Crippen molar-refractivity contribution >= 4 is 5.69 Å². The molecule has 1 aliphatic heterocycles. The van der Waals surface area contributed by atoms with Crippen LogP contribution < -0.4 is 10.2 Å². The van der Waals surface area contributed by atoms with E-state index in [9.17, 15) is 0 Å². The molecule has 0 aliphatic carbocycles. The quantitative estimate of drug-likeness (QED) is 0.857. The molecule has 1 saturated heterocycles. The van der Waals surface area contributed by atoms with Gasteiger partial charge >= 0.3 is 0 Å². The highest BCUT2D eigenvalue weighted by molar-refractivity contribution is 5.48. The number of aliphatic hydroxyl groups is 1. The first-order chi connectivity index (χ1) is 11.8. The Morgan fingerprint density at radius 2 is 1.62 bits per heavy atom. The minimum atomic E-state index is 0.0968. The molecule has 0 aromatic heterocycles. The van der Waals surface area contributed by atoms with Crippen LogP contribution in [0.3, 0.4) is 0 Å². The predicted molar refractivity (Wildman–Crippen MR) is 97.1 cm³/mol. The van der Waals surface area contributed by atoms with Gasteiger partial charge in [-0.05, 0) is 35.7 Å². The van der Waals surface area contributed by atoms with Crippen LogP contribution >= 0.6 is 0 Å². The standard InChI is InChI=1S/C20H26N2O2/c1-16(21-14-17-2-4-18(15-23)5-3-17)19-6-8-20(9-7-19)22-10-12-24-13-11-22/h2-9,16,21,23H,10-15H2,1H3. The highest BCUT2D eigenvalue weighted by atomic mass is 16.5. The van der Waals surface area contributed by atoms with E-state index in [-0.39, 0.29) is 6.61 Å². The lowest BCUT2D eigenvalue weighted by Gasteiger charge is -2.29. The molecule has 1 fully saturated rings. The summed E-state index contributed by atoms with van der Waals surface area (Å²) in [4.78, 5) is 2.37. The van der Waals surface area contributed by atoms with Gasteiger partial charge in [0.15, 0.2) is 0 Å². The van der Waals surface area contributed by atoms with Crippen molar-refractivity contribution in [3.05, 3.63) is 65.2 Å². The van der Waals surface area contributed by atoms with Gasteiger partial charge in [0.25, 0.3) is 0 Å². The van der Waals surface area contributed by atoms with E-state index < -0.39 is 0 Å². The van der Waals surface area contributed by atoms with Crippen LogP contribution in [-0.2, 0) is 17.9 Å². The Kier molecular flexibility index (Phi) is 5.86. The third-order valence-corrected chi connectivity index (χ3v) is 4.59. The molecular weight excluding hydrogens is 300 g/mol. The second-order valence-electron chi connectivity index (χ2n) is 6.27. The SMILES string of the molecule is CC(NCc1ccc(CO)cc1)c1ccc(N2CCOCC2)cc1. The zero-order valence-electron chi connectivity index (χ0n) is 14.2. The van der Waals surface area contributed by atoms with Gasteiger partial charge in [0.2, 0.25) is 0 Å². The summed E-state index contributed by atoms with van der Waals surface area (Å²) in [7, 11) is 0. The fraction of sp³-hybridized carbons (Fsp3) is 0.400. The van der Waals surface area contributed by atoms with Crippen LogP contribution in [-0.4, -0.2) is 31.4 Å². The monoisotopic (exact) mass is 326 g/mol. The Bertz CT molecular complexity index is 619. The van der Waals surface area contributed by atoms with Crippen molar-refractivity contribution in [3.63, 3.8) is 0 Å². The third kappa shape index (κ3) is 4.35. The van der Waals surface area contributed by atoms with E-state index in [4.69, 9.17) is 9.84 Å². The predicted octanol–water partition coefficient (Wildman–Crippen LogP) is 2.87. The van der Waals surface area contributed by atoms with Crippen molar-refractivity contribution in [2.75, 3.05) is 31.2 Å². The number of ether oxygens (including phenoxy) is 1. The molecule has 128 valence electrons. The topological polar surface area (TPSA) is 44.7 Å². The molecule has 1 aliphatic rings. The Morgan fingerprint density at radius 1 is 1.00 bits per heavy atom. The lowest BCUT2D eigenvalue weighted by Crippen LogP contribution is -2.36. The highest BCUT2D eigenvalue weighted by Crippen LogP contribution is 2.20. The van der Waals surface area contributed by atoms with Gasteiger partial charge in [0.1, 0.15) is 0 Å². The molecule has 2 aromatic carbocycles. The molecule has 0 amide bonds. The van der Waals surface area contributed by atoms with Crippen LogP contribution in [0.5, 0.6) is 0 Å². The van der Waals surface area contributed by atoms with Gasteiger partial charge in [-0.3, -0.25) is 0 Å². The third-order valence-electron chi connectivity index (χ3n) is 4.59. The molecule has 0 bridgehead atoms. The van der Waals surface area contributed by atoms with Crippen molar-refractivity contribution in [2.24, 2.45) is 0 Å². The Hall–Kier alpha value is -1.88. The summed E-state index contributed by atoms with van der Waals surface area (Å²) < 4.78 is 5.41. The minimum Gasteiger partial charge on any atom is -0.392 e. The molecule has 1 atom stereocenters. The van der Waals surface area contributed by atoms with E-state index in [0.717, 1.165) is 38.4 Å². The number of aliphatic hydroxyl groups excluding tert-OH is 1. The zero-order chi connectivity index (χ0) is 16.8. The first kappa shape index (κ1) is 17.0. The molecule has 1 heterocycles. The molecule has 4 nitrogen and oxygen atoms in total. The second kappa shape index (κ2) is 8.29. The zero-order valence-corrected chi connectivity index (χ0v) is 14.2. The van der Waals surface area contributed by atoms with Crippen LogP contribution in [0, 0.1) is 0 Å². The van der Waals surface area contributed by atoms with E-state index in [2.05, 4.69) is 53.5 Å². The maximum atomic E-state index is 9.09. The molecule has 0 spiro atoms. The molecule has 0 saturated carbocycles. The highest BCUT2D eigenvalue weighted by Gasteiger charge is 2.12. The molecule has 1 unspecified atom stereocenters. The van der Waals surface area contributed by atoms with Crippen molar-refractivity contribution in [2.45, 2.75) is 26.1 Å². The Morgan fingerprint density at radius 3 is 2.25 bits per heavy atom. The molecular formula is C20H26N2O2. The lowest BCUT2D eigenvalue weighted by atomic mass is 10.1. The average molecular weight is 326 g/mol. The van der Waals surface area contributed by atoms with Gasteiger partial charge in [-0.25, -0.2) is 0 Å². The minimum absolute atomic E-state index is 0.0968. The van der Waals surface area contributed by atoms with Crippen LogP contribution in [0.4, 0.5) is 5.69 Å². The van der Waals surface area contributed by atoms with Gasteiger partial charge in [-0.2, -0.15) is 0 Å². The van der Waals surface area contributed by atoms with Crippen molar-refractivity contribution < 1.29 is 9.84 Å². The number of rotatable bonds is 6. The van der Waals surface area contributed by atoms with Crippen LogP contribution in [0.2, 0.25) is 0 Å². The van der Waals surface area contributed by atoms with E-state index in [1.807, 2.05) is 12.1 Å². The van der Waals surface area contributed by atoms with Crippen LogP contribution in [0.1, 0.15) is 29.7 Å². The van der Waals surface area contributed by atoms with E-state index in [1.165, 1.54) is 16.8 Å². The number of morpholine rings is 1. The molecule has 3 rings (SSSR count). The summed E-state index contributed by atoms with van der Waals surface area (Å²) >= 11 is 0. The smallest absolute Gasteiger partial charge is 0.0681 e. The van der Waals surface area contributed by atoms with Crippen molar-refractivity contribution in [1.82, 2.24) is 5.32 Å². The first-order valence-electron chi connectivity index (χ1n) is 8.61. The number of anilines is 1. The fourth-order valence-corrected chi connectivity index (χ4v) is 2.95. The van der Waals surface area contributed by atoms with E-state index in [0.29, 0.717) is 6.04 Å². The average Bonchev–Trinajstić information content (AvgIpc) is 2.67. The maximum Gasteiger partial charge on any atom is 0.0681 e. The van der Waals surface area contributed by atoms with Gasteiger partial charge in [0.05, 0.1) is 19.8 Å². The van der Waals surface area contributed by atoms with E-state index >= 15 is 0 Å². The first-order valence-corrected chi connectivity index (χ1v) is 8.61. The van der Waals surface area contributed by atoms with Crippen LogP contribution in [0.25, 0.3) is 0 Å². The fourth-order valence-electron chi connectivity index (χ4n) is 2.95. The number of hydrogen-bond donors (Lipinski definition) is 2. The van der Waals surface area contributed by atoms with E-state index in [1.54, 1.807) is 0 Å². The molecule has 24 heavy (non-hydrogen) atoms. The Balaban J connectivity index is 1.55. The second-order valence-corrected chi connectivity index (χ2v) is 6.27. The summed E-state index contributed by atoms with van der Waals surface area (Å²) in [6.45, 7) is 6.67. The number of hydrogen-bond acceptors (Lipinski definition) is 4. The maximum absolute atomic E-state index is 9.09. The summed E-state index contributed by atoms with van der Waals surface area (Å²) in [6, 6.07) is 17.2. The molecule has 0 radical (unpaired) electrons. The summed E-state index contributed by atoms with van der Waals surface area (Å²) in [5.74, 6) is 0. The summed E-state index contributed by atoms with van der Waals surface area (Å²) in [5, 5.41) is 12.6. The van der Waals surface area contributed by atoms with Gasteiger partial charge in [-0.15, -0.1) is 0 Å². The van der Waals surface area contributed by atoms with Gasteiger partial charge < -0.3 is 20.1 Å². The number of nitrogens with zero attached hydrogens (tertiary/aromatic N) is 1. The molecule has 2 N–H and O–H groups in total. The molecule has 4 heteroatoms.